The zero-order chi connectivity index (χ0) is 19.6. The normalized spacial score (nSPS) is 21.1. The molecule has 2 atom stereocenters. The van der Waals surface area contributed by atoms with Crippen molar-refractivity contribution in [3.8, 4) is 0 Å². The van der Waals surface area contributed by atoms with Crippen molar-refractivity contribution in [3.63, 3.8) is 0 Å². The second-order valence-electron chi connectivity index (χ2n) is 6.39. The molecule has 0 N–H and O–H groups in total. The lowest BCUT2D eigenvalue weighted by molar-refractivity contribution is -0.0440. The first-order chi connectivity index (χ1) is 12.8. The van der Waals surface area contributed by atoms with E-state index in [1.807, 2.05) is 13.8 Å². The highest BCUT2D eigenvalue weighted by molar-refractivity contribution is 7.89. The topological polar surface area (TPSA) is 112 Å². The van der Waals surface area contributed by atoms with Crippen LogP contribution in [0.5, 0.6) is 0 Å². The van der Waals surface area contributed by atoms with Gasteiger partial charge in [-0.3, -0.25) is 0 Å². The Labute approximate surface area is 157 Å². The Morgan fingerprint density at radius 1 is 1.19 bits per heavy atom. The van der Waals surface area contributed by atoms with Crippen LogP contribution in [0.15, 0.2) is 33.6 Å². The molecular formula is C17H21N3O6S. The van der Waals surface area contributed by atoms with Gasteiger partial charge in [0.1, 0.15) is 0 Å². The number of benzene rings is 1. The molecule has 0 saturated carbocycles. The second kappa shape index (κ2) is 7.75. The third-order valence-corrected chi connectivity index (χ3v) is 5.85. The molecule has 0 radical (unpaired) electrons. The van der Waals surface area contributed by atoms with E-state index in [2.05, 4.69) is 10.2 Å². The Morgan fingerprint density at radius 3 is 2.37 bits per heavy atom. The van der Waals surface area contributed by atoms with Crippen molar-refractivity contribution < 1.29 is 27.1 Å². The molecule has 3 rings (SSSR count). The molecule has 2 aromatic rings. The van der Waals surface area contributed by atoms with E-state index >= 15 is 0 Å². The molecule has 2 unspecified atom stereocenters. The summed E-state index contributed by atoms with van der Waals surface area (Å²) in [5.41, 5.74) is 0.230. The van der Waals surface area contributed by atoms with Crippen LogP contribution in [0.25, 0.3) is 0 Å². The monoisotopic (exact) mass is 395 g/mol. The first-order valence-corrected chi connectivity index (χ1v) is 9.91. The average Bonchev–Trinajstić information content (AvgIpc) is 3.04. The smallest absolute Gasteiger partial charge is 0.338 e. The van der Waals surface area contributed by atoms with Crippen LogP contribution in [0.2, 0.25) is 0 Å². The summed E-state index contributed by atoms with van der Waals surface area (Å²) in [6.45, 7) is 5.74. The highest BCUT2D eigenvalue weighted by Gasteiger charge is 2.32. The summed E-state index contributed by atoms with van der Waals surface area (Å²) in [6.07, 6.45) is -0.350. The van der Waals surface area contributed by atoms with Crippen molar-refractivity contribution in [1.82, 2.24) is 14.5 Å². The number of rotatable bonds is 5. The molecular weight excluding hydrogens is 374 g/mol. The largest absolute Gasteiger partial charge is 0.452 e. The first-order valence-electron chi connectivity index (χ1n) is 8.47. The zero-order valence-electron chi connectivity index (χ0n) is 15.3. The number of carbonyl (C=O) groups excluding carboxylic acids is 1. The average molecular weight is 395 g/mol. The summed E-state index contributed by atoms with van der Waals surface area (Å²) in [5.74, 6) is -0.0404. The molecule has 0 spiro atoms. The molecule has 2 heterocycles. The molecule has 1 saturated heterocycles. The van der Waals surface area contributed by atoms with Gasteiger partial charge in [0, 0.05) is 20.0 Å². The molecule has 1 aromatic carbocycles. The number of esters is 1. The lowest BCUT2D eigenvalue weighted by Gasteiger charge is -2.34. The summed E-state index contributed by atoms with van der Waals surface area (Å²) in [6, 6.07) is 5.63. The van der Waals surface area contributed by atoms with Gasteiger partial charge in [0.15, 0.2) is 6.61 Å². The molecule has 1 aromatic heterocycles. The van der Waals surface area contributed by atoms with Crippen molar-refractivity contribution in [2.75, 3.05) is 13.1 Å². The van der Waals surface area contributed by atoms with Gasteiger partial charge in [-0.25, -0.2) is 13.2 Å². The molecule has 27 heavy (non-hydrogen) atoms. The molecule has 146 valence electrons. The van der Waals surface area contributed by atoms with Gasteiger partial charge in [0.05, 0.1) is 22.7 Å². The minimum Gasteiger partial charge on any atom is -0.452 e. The highest BCUT2D eigenvalue weighted by atomic mass is 32.2. The molecule has 0 amide bonds. The minimum absolute atomic E-state index is 0.118. The maximum absolute atomic E-state index is 12.8. The number of aromatic nitrogens is 2. The van der Waals surface area contributed by atoms with E-state index in [9.17, 15) is 13.2 Å². The predicted octanol–water partition coefficient (Wildman–Crippen LogP) is 1.53. The Bertz CT molecular complexity index is 899. The number of aryl methyl sites for hydroxylation is 1. The lowest BCUT2D eigenvalue weighted by atomic mass is 10.2. The van der Waals surface area contributed by atoms with Crippen LogP contribution in [-0.2, 0) is 26.1 Å². The van der Waals surface area contributed by atoms with Crippen molar-refractivity contribution in [2.45, 2.75) is 44.5 Å². The third kappa shape index (κ3) is 4.52. The second-order valence-corrected chi connectivity index (χ2v) is 8.33. The van der Waals surface area contributed by atoms with E-state index in [0.717, 1.165) is 0 Å². The van der Waals surface area contributed by atoms with Gasteiger partial charge in [0.2, 0.25) is 15.9 Å². The van der Waals surface area contributed by atoms with E-state index in [0.29, 0.717) is 19.0 Å². The SMILES string of the molecule is Cc1nnc(COC(=O)c2ccc(S(=O)(=O)N3CC(C)OC(C)C3)cc2)o1. The van der Waals surface area contributed by atoms with Crippen LogP contribution >= 0.6 is 0 Å². The summed E-state index contributed by atoms with van der Waals surface area (Å²) in [5, 5.41) is 7.38. The fourth-order valence-electron chi connectivity index (χ4n) is 2.85. The summed E-state index contributed by atoms with van der Waals surface area (Å²) in [7, 11) is -3.65. The fraction of sp³-hybridized carbons (Fsp3) is 0.471. The molecule has 0 aliphatic carbocycles. The van der Waals surface area contributed by atoms with Crippen LogP contribution in [-0.4, -0.2) is 54.2 Å². The standard InChI is InChI=1S/C17H21N3O6S/c1-11-8-20(9-12(2)25-11)27(22,23)15-6-4-14(5-7-15)17(21)24-10-16-19-18-13(3)26-16/h4-7,11-12H,8-10H2,1-3H3. The van der Waals surface area contributed by atoms with Crippen molar-refractivity contribution in [2.24, 2.45) is 0 Å². The molecule has 10 heteroatoms. The Balaban J connectivity index is 1.67. The molecule has 1 fully saturated rings. The van der Waals surface area contributed by atoms with Gasteiger partial charge in [0.25, 0.3) is 5.89 Å². The Kier molecular flexibility index (Phi) is 5.59. The number of carbonyl (C=O) groups is 1. The lowest BCUT2D eigenvalue weighted by Crippen LogP contribution is -2.48. The predicted molar refractivity (Wildman–Crippen MR) is 93.4 cm³/mol. The fourth-order valence-corrected chi connectivity index (χ4v) is 4.44. The summed E-state index contributed by atoms with van der Waals surface area (Å²) >= 11 is 0. The van der Waals surface area contributed by atoms with Gasteiger partial charge in [-0.1, -0.05) is 0 Å². The quantitative estimate of drug-likeness (QED) is 0.701. The van der Waals surface area contributed by atoms with E-state index in [1.165, 1.54) is 28.6 Å². The van der Waals surface area contributed by atoms with E-state index in [4.69, 9.17) is 13.9 Å². The van der Waals surface area contributed by atoms with Gasteiger partial charge in [-0.15, -0.1) is 10.2 Å². The summed E-state index contributed by atoms with van der Waals surface area (Å²) < 4.78 is 42.8. The number of hydrogen-bond acceptors (Lipinski definition) is 8. The highest BCUT2D eigenvalue weighted by Crippen LogP contribution is 2.21. The number of morpholine rings is 1. The van der Waals surface area contributed by atoms with Gasteiger partial charge in [-0.05, 0) is 38.1 Å². The van der Waals surface area contributed by atoms with Crippen LogP contribution < -0.4 is 0 Å². The molecule has 0 bridgehead atoms. The maximum Gasteiger partial charge on any atom is 0.338 e. The van der Waals surface area contributed by atoms with Gasteiger partial charge >= 0.3 is 5.97 Å². The summed E-state index contributed by atoms with van der Waals surface area (Å²) in [4.78, 5) is 12.2. The van der Waals surface area contributed by atoms with E-state index < -0.39 is 16.0 Å². The van der Waals surface area contributed by atoms with Crippen LogP contribution in [0, 0.1) is 6.92 Å². The number of sulfonamides is 1. The zero-order valence-corrected chi connectivity index (χ0v) is 16.1. The molecule has 9 nitrogen and oxygen atoms in total. The third-order valence-electron chi connectivity index (χ3n) is 4.01. The Morgan fingerprint density at radius 2 is 1.81 bits per heavy atom. The van der Waals surface area contributed by atoms with Crippen molar-refractivity contribution in [3.05, 3.63) is 41.6 Å². The van der Waals surface area contributed by atoms with E-state index in [1.54, 1.807) is 6.92 Å². The first kappa shape index (κ1) is 19.5. The van der Waals surface area contributed by atoms with E-state index in [-0.39, 0.29) is 35.2 Å². The molecule has 1 aliphatic rings. The van der Waals surface area contributed by atoms with Crippen LogP contribution in [0.4, 0.5) is 0 Å². The minimum atomic E-state index is -3.65. The van der Waals surface area contributed by atoms with Crippen molar-refractivity contribution >= 4 is 16.0 Å². The van der Waals surface area contributed by atoms with Gasteiger partial charge in [-0.2, -0.15) is 4.31 Å². The number of hydrogen-bond donors (Lipinski definition) is 0. The van der Waals surface area contributed by atoms with Gasteiger partial charge < -0.3 is 13.9 Å². The number of ether oxygens (including phenoxy) is 2. The van der Waals surface area contributed by atoms with Crippen LogP contribution in [0.3, 0.4) is 0 Å². The van der Waals surface area contributed by atoms with Crippen molar-refractivity contribution in [1.29, 1.82) is 0 Å². The maximum atomic E-state index is 12.8. The molecule has 1 aliphatic heterocycles. The number of nitrogens with zero attached hydrogens (tertiary/aromatic N) is 3. The van der Waals surface area contributed by atoms with Crippen LogP contribution in [0.1, 0.15) is 36.0 Å². The Hall–Kier alpha value is -2.30.